The van der Waals surface area contributed by atoms with Crippen LogP contribution >= 0.6 is 0 Å². The smallest absolute Gasteiger partial charge is 0.422 e. The summed E-state index contributed by atoms with van der Waals surface area (Å²) in [6.45, 7) is 2.76. The Hall–Kier alpha value is -3.34. The summed E-state index contributed by atoms with van der Waals surface area (Å²) in [5.74, 6) is 0.156. The van der Waals surface area contributed by atoms with Gasteiger partial charge in [-0.05, 0) is 48.4 Å². The molecule has 0 fully saturated rings. The Morgan fingerprint density at radius 3 is 2.63 bits per heavy atom. The van der Waals surface area contributed by atoms with Gasteiger partial charge in [0.1, 0.15) is 5.75 Å². The third-order valence-electron chi connectivity index (χ3n) is 4.58. The van der Waals surface area contributed by atoms with Gasteiger partial charge in [0.15, 0.2) is 0 Å². The lowest BCUT2D eigenvalue weighted by molar-refractivity contribution is 0.297. The van der Waals surface area contributed by atoms with Gasteiger partial charge in [-0.15, -0.1) is 0 Å². The van der Waals surface area contributed by atoms with Crippen molar-refractivity contribution < 1.29 is 9.15 Å². The third kappa shape index (κ3) is 3.49. The Balaban J connectivity index is 1.49. The van der Waals surface area contributed by atoms with Gasteiger partial charge < -0.3 is 9.15 Å². The standard InChI is InChI=1S/C22H19NO4/c1-15-7-10-20-19(13-15)21(24)27-22(25)23(20)11-4-12-26-18-9-8-16-5-2-3-6-17(16)14-18/h2-3,5-10,13-14H,4,11-12H2,1H3. The second-order valence-corrected chi connectivity index (χ2v) is 6.54. The molecular weight excluding hydrogens is 342 g/mol. The molecule has 27 heavy (non-hydrogen) atoms. The average molecular weight is 361 g/mol. The number of benzene rings is 3. The highest BCUT2D eigenvalue weighted by Crippen LogP contribution is 2.20. The van der Waals surface area contributed by atoms with E-state index in [1.165, 1.54) is 4.57 Å². The van der Waals surface area contributed by atoms with E-state index in [9.17, 15) is 9.59 Å². The van der Waals surface area contributed by atoms with Crippen molar-refractivity contribution in [3.05, 3.63) is 87.2 Å². The van der Waals surface area contributed by atoms with Gasteiger partial charge in [0.25, 0.3) is 0 Å². The maximum atomic E-state index is 12.1. The lowest BCUT2D eigenvalue weighted by Gasteiger charge is -2.10. The minimum Gasteiger partial charge on any atom is -0.494 e. The van der Waals surface area contributed by atoms with Gasteiger partial charge in [-0.1, -0.05) is 42.0 Å². The molecule has 5 nitrogen and oxygen atoms in total. The topological polar surface area (TPSA) is 61.4 Å². The molecule has 0 amide bonds. The summed E-state index contributed by atoms with van der Waals surface area (Å²) in [4.78, 5) is 24.0. The molecule has 0 N–H and O–H groups in total. The van der Waals surface area contributed by atoms with Crippen LogP contribution in [0.1, 0.15) is 12.0 Å². The summed E-state index contributed by atoms with van der Waals surface area (Å²) in [5.41, 5.74) is 0.939. The summed E-state index contributed by atoms with van der Waals surface area (Å²) in [5, 5.41) is 2.71. The van der Waals surface area contributed by atoms with Crippen LogP contribution in [0.2, 0.25) is 0 Å². The number of hydrogen-bond acceptors (Lipinski definition) is 4. The third-order valence-corrected chi connectivity index (χ3v) is 4.58. The molecule has 0 spiro atoms. The van der Waals surface area contributed by atoms with E-state index in [-0.39, 0.29) is 0 Å². The molecule has 0 bridgehead atoms. The normalized spacial score (nSPS) is 11.1. The second-order valence-electron chi connectivity index (χ2n) is 6.54. The van der Waals surface area contributed by atoms with Crippen molar-refractivity contribution in [3.63, 3.8) is 0 Å². The fourth-order valence-corrected chi connectivity index (χ4v) is 3.22. The zero-order valence-corrected chi connectivity index (χ0v) is 15.0. The first-order chi connectivity index (χ1) is 13.1. The number of aromatic nitrogens is 1. The van der Waals surface area contributed by atoms with Crippen LogP contribution in [-0.2, 0) is 6.54 Å². The van der Waals surface area contributed by atoms with Gasteiger partial charge in [-0.2, -0.15) is 0 Å². The molecule has 1 aromatic heterocycles. The van der Waals surface area contributed by atoms with Crippen molar-refractivity contribution in [3.8, 4) is 5.75 Å². The van der Waals surface area contributed by atoms with Crippen molar-refractivity contribution >= 4 is 21.7 Å². The number of rotatable bonds is 5. The van der Waals surface area contributed by atoms with E-state index in [1.54, 1.807) is 12.1 Å². The van der Waals surface area contributed by atoms with Crippen LogP contribution in [0.5, 0.6) is 5.75 Å². The fraction of sp³-hybridized carbons (Fsp3) is 0.182. The fourth-order valence-electron chi connectivity index (χ4n) is 3.22. The molecule has 0 aliphatic carbocycles. The number of hydrogen-bond donors (Lipinski definition) is 0. The largest absolute Gasteiger partial charge is 0.494 e. The van der Waals surface area contributed by atoms with Crippen LogP contribution in [0.15, 0.2) is 74.7 Å². The van der Waals surface area contributed by atoms with Gasteiger partial charge in [-0.3, -0.25) is 4.57 Å². The highest BCUT2D eigenvalue weighted by atomic mass is 16.5. The Bertz CT molecular complexity index is 1240. The van der Waals surface area contributed by atoms with Crippen molar-refractivity contribution in [2.45, 2.75) is 19.9 Å². The predicted molar refractivity (Wildman–Crippen MR) is 106 cm³/mol. The van der Waals surface area contributed by atoms with Crippen LogP contribution in [0, 0.1) is 6.92 Å². The zero-order valence-electron chi connectivity index (χ0n) is 15.0. The van der Waals surface area contributed by atoms with E-state index in [4.69, 9.17) is 9.15 Å². The van der Waals surface area contributed by atoms with Gasteiger partial charge in [0.2, 0.25) is 0 Å². The summed E-state index contributed by atoms with van der Waals surface area (Å²) >= 11 is 0. The molecule has 0 aliphatic heterocycles. The van der Waals surface area contributed by atoms with Crippen molar-refractivity contribution in [1.29, 1.82) is 0 Å². The lowest BCUT2D eigenvalue weighted by Crippen LogP contribution is -2.25. The van der Waals surface area contributed by atoms with Crippen LogP contribution in [0.3, 0.4) is 0 Å². The molecule has 136 valence electrons. The van der Waals surface area contributed by atoms with E-state index in [2.05, 4.69) is 6.07 Å². The zero-order chi connectivity index (χ0) is 18.8. The summed E-state index contributed by atoms with van der Waals surface area (Å²) in [6.07, 6.45) is 0.615. The predicted octanol–water partition coefficient (Wildman–Crippen LogP) is 3.89. The molecule has 4 rings (SSSR count). The molecular formula is C22H19NO4. The van der Waals surface area contributed by atoms with Gasteiger partial charge in [0, 0.05) is 6.54 Å². The van der Waals surface area contributed by atoms with E-state index in [0.29, 0.717) is 30.5 Å². The Morgan fingerprint density at radius 2 is 1.78 bits per heavy atom. The molecule has 0 saturated carbocycles. The summed E-state index contributed by atoms with van der Waals surface area (Å²) in [7, 11) is 0. The van der Waals surface area contributed by atoms with E-state index in [1.807, 2.05) is 49.4 Å². The molecule has 0 aliphatic rings. The first-order valence-corrected chi connectivity index (χ1v) is 8.88. The SMILES string of the molecule is Cc1ccc2c(c1)c(=O)oc(=O)n2CCCOc1ccc2ccccc2c1. The Kier molecular flexibility index (Phi) is 4.50. The quantitative estimate of drug-likeness (QED) is 0.506. The van der Waals surface area contributed by atoms with Gasteiger partial charge in [-0.25, -0.2) is 9.59 Å². The highest BCUT2D eigenvalue weighted by Gasteiger charge is 2.09. The Labute approximate surface area is 155 Å². The number of nitrogens with zero attached hydrogens (tertiary/aromatic N) is 1. The maximum Gasteiger partial charge on any atom is 0.422 e. The van der Waals surface area contributed by atoms with Crippen LogP contribution < -0.4 is 16.1 Å². The number of ether oxygens (including phenoxy) is 1. The molecule has 0 radical (unpaired) electrons. The second kappa shape index (κ2) is 7.11. The Morgan fingerprint density at radius 1 is 0.963 bits per heavy atom. The minimum atomic E-state index is -0.637. The highest BCUT2D eigenvalue weighted by molar-refractivity contribution is 5.83. The van der Waals surface area contributed by atoms with Crippen molar-refractivity contribution in [2.75, 3.05) is 6.61 Å². The lowest BCUT2D eigenvalue weighted by atomic mass is 10.1. The molecule has 0 saturated heterocycles. The molecule has 3 aromatic carbocycles. The molecule has 5 heteroatoms. The molecule has 1 heterocycles. The van der Waals surface area contributed by atoms with Crippen LogP contribution in [0.4, 0.5) is 0 Å². The number of aryl methyl sites for hydroxylation is 2. The van der Waals surface area contributed by atoms with E-state index < -0.39 is 11.4 Å². The minimum absolute atomic E-state index is 0.412. The molecule has 4 aromatic rings. The number of fused-ring (bicyclic) bond motifs is 2. The first kappa shape index (κ1) is 17.1. The first-order valence-electron chi connectivity index (χ1n) is 8.88. The summed E-state index contributed by atoms with van der Waals surface area (Å²) in [6, 6.07) is 19.5. The molecule has 0 atom stereocenters. The van der Waals surface area contributed by atoms with Gasteiger partial charge >= 0.3 is 11.4 Å². The van der Waals surface area contributed by atoms with Crippen LogP contribution in [-0.4, -0.2) is 11.2 Å². The van der Waals surface area contributed by atoms with E-state index >= 15 is 0 Å². The average Bonchev–Trinajstić information content (AvgIpc) is 2.67. The monoisotopic (exact) mass is 361 g/mol. The maximum absolute atomic E-state index is 12.1. The van der Waals surface area contributed by atoms with E-state index in [0.717, 1.165) is 22.1 Å². The van der Waals surface area contributed by atoms with Crippen molar-refractivity contribution in [1.82, 2.24) is 4.57 Å². The van der Waals surface area contributed by atoms with Crippen LogP contribution in [0.25, 0.3) is 21.7 Å². The summed E-state index contributed by atoms with van der Waals surface area (Å²) < 4.78 is 12.2. The van der Waals surface area contributed by atoms with Gasteiger partial charge in [0.05, 0.1) is 17.5 Å². The van der Waals surface area contributed by atoms with Crippen molar-refractivity contribution in [2.24, 2.45) is 0 Å². The molecule has 0 unspecified atom stereocenters.